The van der Waals surface area contributed by atoms with Crippen LogP contribution in [0.1, 0.15) is 11.1 Å². The summed E-state index contributed by atoms with van der Waals surface area (Å²) in [6.07, 6.45) is -0.321. The van der Waals surface area contributed by atoms with Crippen LogP contribution < -0.4 is 5.32 Å². The molecule has 0 saturated carbocycles. The van der Waals surface area contributed by atoms with Crippen LogP contribution in [0.5, 0.6) is 0 Å². The molecule has 3 nitrogen and oxygen atoms in total. The van der Waals surface area contributed by atoms with E-state index in [1.165, 1.54) is 6.07 Å². The molecule has 0 aromatic heterocycles. The van der Waals surface area contributed by atoms with Gasteiger partial charge < -0.3 is 10.4 Å². The summed E-state index contributed by atoms with van der Waals surface area (Å²) in [6.45, 7) is 0.109. The summed E-state index contributed by atoms with van der Waals surface area (Å²) in [5.74, 6) is -2.27. The molecule has 2 rings (SSSR count). The molecule has 0 aliphatic heterocycles. The summed E-state index contributed by atoms with van der Waals surface area (Å²) in [5.41, 5.74) is 1.36. The first-order valence-electron chi connectivity index (χ1n) is 6.97. The van der Waals surface area contributed by atoms with Crippen molar-refractivity contribution in [2.45, 2.75) is 18.9 Å². The average Bonchev–Trinajstić information content (AvgIpc) is 2.50. The largest absolute Gasteiger partial charge is 0.391 e. The van der Waals surface area contributed by atoms with E-state index in [-0.39, 0.29) is 18.9 Å². The molecule has 0 heterocycles. The van der Waals surface area contributed by atoms with Gasteiger partial charge in [0.15, 0.2) is 11.6 Å². The number of carbonyl (C=O) groups excluding carboxylic acids is 1. The third kappa shape index (κ3) is 4.93. The maximum atomic E-state index is 13.0. The van der Waals surface area contributed by atoms with Crippen molar-refractivity contribution >= 4 is 5.91 Å². The van der Waals surface area contributed by atoms with E-state index in [4.69, 9.17) is 0 Å². The Labute approximate surface area is 127 Å². The first-order chi connectivity index (χ1) is 10.5. The highest BCUT2D eigenvalue weighted by Gasteiger charge is 2.10. The number of aliphatic hydroxyl groups is 1. The number of halogens is 2. The highest BCUT2D eigenvalue weighted by Crippen LogP contribution is 2.09. The summed E-state index contributed by atoms with van der Waals surface area (Å²) in [6, 6.07) is 12.8. The topological polar surface area (TPSA) is 49.3 Å². The smallest absolute Gasteiger partial charge is 0.224 e. The third-order valence-electron chi connectivity index (χ3n) is 3.20. The highest BCUT2D eigenvalue weighted by atomic mass is 19.2. The molecule has 0 radical (unpaired) electrons. The predicted molar refractivity (Wildman–Crippen MR) is 79.2 cm³/mol. The summed E-state index contributed by atoms with van der Waals surface area (Å²) in [4.78, 5) is 11.7. The van der Waals surface area contributed by atoms with Crippen LogP contribution in [0.4, 0.5) is 8.78 Å². The Balaban J connectivity index is 1.78. The summed E-state index contributed by atoms with van der Waals surface area (Å²) >= 11 is 0. The molecule has 0 spiro atoms. The molecule has 0 aliphatic carbocycles. The van der Waals surface area contributed by atoms with E-state index >= 15 is 0 Å². The van der Waals surface area contributed by atoms with Gasteiger partial charge >= 0.3 is 0 Å². The zero-order valence-electron chi connectivity index (χ0n) is 11.9. The molecule has 0 fully saturated rings. The molecule has 5 heteroatoms. The second-order valence-electron chi connectivity index (χ2n) is 5.07. The first-order valence-corrected chi connectivity index (χ1v) is 6.97. The van der Waals surface area contributed by atoms with Crippen molar-refractivity contribution in [2.75, 3.05) is 6.54 Å². The van der Waals surface area contributed by atoms with E-state index in [0.717, 1.165) is 17.7 Å². The zero-order chi connectivity index (χ0) is 15.9. The van der Waals surface area contributed by atoms with Crippen LogP contribution in [0.25, 0.3) is 0 Å². The van der Waals surface area contributed by atoms with Crippen molar-refractivity contribution in [2.24, 2.45) is 0 Å². The van der Waals surface area contributed by atoms with Gasteiger partial charge in [-0.1, -0.05) is 36.4 Å². The minimum Gasteiger partial charge on any atom is -0.391 e. The standard InChI is InChI=1S/C17H17F2NO2/c18-15-7-6-13(9-16(15)19)10-17(22)20-11-14(21)8-12-4-2-1-3-5-12/h1-7,9,14,21H,8,10-11H2,(H,20,22). The van der Waals surface area contributed by atoms with Gasteiger partial charge in [-0.25, -0.2) is 8.78 Å². The van der Waals surface area contributed by atoms with Crippen LogP contribution in [0, 0.1) is 11.6 Å². The van der Waals surface area contributed by atoms with Crippen molar-refractivity contribution in [1.82, 2.24) is 5.32 Å². The monoisotopic (exact) mass is 305 g/mol. The summed E-state index contributed by atoms with van der Waals surface area (Å²) < 4.78 is 25.8. The molecular formula is C17H17F2NO2. The van der Waals surface area contributed by atoms with Gasteiger partial charge in [0.2, 0.25) is 5.91 Å². The third-order valence-corrected chi connectivity index (χ3v) is 3.20. The van der Waals surface area contributed by atoms with Crippen molar-refractivity contribution < 1.29 is 18.7 Å². The maximum absolute atomic E-state index is 13.0. The van der Waals surface area contributed by atoms with Gasteiger partial charge in [-0.3, -0.25) is 4.79 Å². The molecule has 1 amide bonds. The fraction of sp³-hybridized carbons (Fsp3) is 0.235. The number of rotatable bonds is 6. The van der Waals surface area contributed by atoms with Gasteiger partial charge in [-0.05, 0) is 23.3 Å². The van der Waals surface area contributed by atoms with Gasteiger partial charge in [-0.15, -0.1) is 0 Å². The summed E-state index contributed by atoms with van der Waals surface area (Å²) in [5, 5.41) is 12.5. The highest BCUT2D eigenvalue weighted by molar-refractivity contribution is 5.78. The molecule has 2 aromatic rings. The lowest BCUT2D eigenvalue weighted by Crippen LogP contribution is -2.34. The van der Waals surface area contributed by atoms with Crippen LogP contribution >= 0.6 is 0 Å². The fourth-order valence-corrected chi connectivity index (χ4v) is 2.09. The van der Waals surface area contributed by atoms with E-state index in [1.807, 2.05) is 30.3 Å². The molecule has 2 N–H and O–H groups in total. The number of aliphatic hydroxyl groups excluding tert-OH is 1. The minimum absolute atomic E-state index is 0.0603. The number of amides is 1. The van der Waals surface area contributed by atoms with Crippen LogP contribution in [0.2, 0.25) is 0 Å². The lowest BCUT2D eigenvalue weighted by atomic mass is 10.1. The average molecular weight is 305 g/mol. The molecule has 116 valence electrons. The van der Waals surface area contributed by atoms with Crippen LogP contribution in [0.15, 0.2) is 48.5 Å². The Bertz CT molecular complexity index is 632. The summed E-state index contributed by atoms with van der Waals surface area (Å²) in [7, 11) is 0. The van der Waals surface area contributed by atoms with Crippen molar-refractivity contribution in [3.63, 3.8) is 0 Å². The number of nitrogens with one attached hydrogen (secondary N) is 1. The fourth-order valence-electron chi connectivity index (χ4n) is 2.09. The maximum Gasteiger partial charge on any atom is 0.224 e. The van der Waals surface area contributed by atoms with E-state index in [1.54, 1.807) is 0 Å². The van der Waals surface area contributed by atoms with Gasteiger partial charge in [-0.2, -0.15) is 0 Å². The Hall–Kier alpha value is -2.27. The number of benzene rings is 2. The number of hydrogen-bond acceptors (Lipinski definition) is 2. The number of carbonyl (C=O) groups is 1. The Morgan fingerprint density at radius 2 is 1.77 bits per heavy atom. The molecule has 0 saturated heterocycles. The molecular weight excluding hydrogens is 288 g/mol. The Kier molecular flexibility index (Phi) is 5.61. The SMILES string of the molecule is O=C(Cc1ccc(F)c(F)c1)NCC(O)Cc1ccccc1. The second kappa shape index (κ2) is 7.66. The van der Waals surface area contributed by atoms with Gasteiger partial charge in [0, 0.05) is 13.0 Å². The van der Waals surface area contributed by atoms with Crippen molar-refractivity contribution in [3.05, 3.63) is 71.3 Å². The zero-order valence-corrected chi connectivity index (χ0v) is 11.9. The van der Waals surface area contributed by atoms with Gasteiger partial charge in [0.25, 0.3) is 0 Å². The van der Waals surface area contributed by atoms with Crippen molar-refractivity contribution in [1.29, 1.82) is 0 Å². The van der Waals surface area contributed by atoms with Crippen molar-refractivity contribution in [3.8, 4) is 0 Å². The van der Waals surface area contributed by atoms with Crippen LogP contribution in [-0.4, -0.2) is 23.7 Å². The van der Waals surface area contributed by atoms with E-state index < -0.39 is 17.7 Å². The quantitative estimate of drug-likeness (QED) is 0.860. The molecule has 0 bridgehead atoms. The molecule has 1 atom stereocenters. The minimum atomic E-state index is -0.977. The first kappa shape index (κ1) is 16.1. The molecule has 22 heavy (non-hydrogen) atoms. The van der Waals surface area contributed by atoms with Crippen LogP contribution in [0.3, 0.4) is 0 Å². The Morgan fingerprint density at radius 1 is 1.05 bits per heavy atom. The molecule has 1 unspecified atom stereocenters. The lowest BCUT2D eigenvalue weighted by molar-refractivity contribution is -0.120. The van der Waals surface area contributed by atoms with Gasteiger partial charge in [0.1, 0.15) is 0 Å². The van der Waals surface area contributed by atoms with E-state index in [9.17, 15) is 18.7 Å². The predicted octanol–water partition coefficient (Wildman–Crippen LogP) is 2.23. The van der Waals surface area contributed by atoms with Crippen LogP contribution in [-0.2, 0) is 17.6 Å². The molecule has 2 aromatic carbocycles. The second-order valence-corrected chi connectivity index (χ2v) is 5.07. The normalized spacial score (nSPS) is 12.0. The number of hydrogen-bond donors (Lipinski definition) is 2. The van der Waals surface area contributed by atoms with E-state index in [0.29, 0.717) is 12.0 Å². The van der Waals surface area contributed by atoms with E-state index in [2.05, 4.69) is 5.32 Å². The Morgan fingerprint density at radius 3 is 2.45 bits per heavy atom. The lowest BCUT2D eigenvalue weighted by Gasteiger charge is -2.12. The van der Waals surface area contributed by atoms with Gasteiger partial charge in [0.05, 0.1) is 12.5 Å². The molecule has 0 aliphatic rings.